The minimum Gasteiger partial charge on any atom is -0.478 e. The van der Waals surface area contributed by atoms with Gasteiger partial charge in [0.2, 0.25) is 0 Å². The van der Waals surface area contributed by atoms with Gasteiger partial charge >= 0.3 is 5.97 Å². The number of rotatable bonds is 3. The zero-order chi connectivity index (χ0) is 15.4. The summed E-state index contributed by atoms with van der Waals surface area (Å²) in [6.45, 7) is 5.00. The molecule has 2 atom stereocenters. The number of amides is 1. The largest absolute Gasteiger partial charge is 0.478 e. The van der Waals surface area contributed by atoms with E-state index in [9.17, 15) is 9.59 Å². The van der Waals surface area contributed by atoms with Crippen LogP contribution in [-0.4, -0.2) is 39.5 Å². The standard InChI is InChI=1S/C16H20N2O3/c1-11-4-3-7-18(12(11)2)16(21)14-8-13(9-17-10-14)5-6-15(19)20/h5-6,8-12H,3-4,7H2,1-2H3,(H,19,20). The quantitative estimate of drug-likeness (QED) is 0.867. The van der Waals surface area contributed by atoms with E-state index in [0.29, 0.717) is 17.0 Å². The van der Waals surface area contributed by atoms with Gasteiger partial charge in [0.15, 0.2) is 0 Å². The number of nitrogens with zero attached hydrogens (tertiary/aromatic N) is 2. The molecule has 2 heterocycles. The van der Waals surface area contributed by atoms with Crippen molar-refractivity contribution in [2.45, 2.75) is 32.7 Å². The van der Waals surface area contributed by atoms with E-state index >= 15 is 0 Å². The van der Waals surface area contributed by atoms with Crippen LogP contribution >= 0.6 is 0 Å². The molecule has 1 saturated heterocycles. The van der Waals surface area contributed by atoms with Crippen LogP contribution in [0.15, 0.2) is 24.5 Å². The molecule has 1 N–H and O–H groups in total. The first kappa shape index (κ1) is 15.2. The molecule has 0 radical (unpaired) electrons. The molecule has 1 amide bonds. The Kier molecular flexibility index (Phi) is 4.73. The van der Waals surface area contributed by atoms with Crippen molar-refractivity contribution in [1.29, 1.82) is 0 Å². The highest BCUT2D eigenvalue weighted by Crippen LogP contribution is 2.24. The summed E-state index contributed by atoms with van der Waals surface area (Å²) in [7, 11) is 0. The average molecular weight is 288 g/mol. The first-order valence-electron chi connectivity index (χ1n) is 7.16. The minimum absolute atomic E-state index is 0.0351. The summed E-state index contributed by atoms with van der Waals surface area (Å²) in [4.78, 5) is 29.0. The normalized spacial score (nSPS) is 22.5. The van der Waals surface area contributed by atoms with Crippen LogP contribution in [0.4, 0.5) is 0 Å². The molecule has 1 aromatic heterocycles. The number of hydrogen-bond acceptors (Lipinski definition) is 3. The molecule has 1 fully saturated rings. The SMILES string of the molecule is CC1CCCN(C(=O)c2cncc(C=CC(=O)O)c2)C1C. The average Bonchev–Trinajstić information content (AvgIpc) is 2.47. The van der Waals surface area contributed by atoms with Crippen molar-refractivity contribution in [2.24, 2.45) is 5.92 Å². The summed E-state index contributed by atoms with van der Waals surface area (Å²) in [6.07, 6.45) is 7.71. The maximum absolute atomic E-state index is 12.6. The first-order chi connectivity index (χ1) is 9.99. The van der Waals surface area contributed by atoms with Crippen molar-refractivity contribution >= 4 is 18.0 Å². The fraction of sp³-hybridized carbons (Fsp3) is 0.438. The van der Waals surface area contributed by atoms with Crippen molar-refractivity contribution in [3.8, 4) is 0 Å². The third-order valence-corrected chi connectivity index (χ3v) is 4.06. The predicted octanol–water partition coefficient (Wildman–Crippen LogP) is 2.44. The molecule has 112 valence electrons. The maximum Gasteiger partial charge on any atom is 0.328 e. The molecule has 5 heteroatoms. The number of pyridine rings is 1. The number of aliphatic carboxylic acids is 1. The van der Waals surface area contributed by atoms with Crippen LogP contribution in [0.3, 0.4) is 0 Å². The lowest BCUT2D eigenvalue weighted by Crippen LogP contribution is -2.46. The van der Waals surface area contributed by atoms with E-state index in [2.05, 4.69) is 18.8 Å². The van der Waals surface area contributed by atoms with Crippen LogP contribution in [0.5, 0.6) is 0 Å². The van der Waals surface area contributed by atoms with E-state index in [1.54, 1.807) is 12.3 Å². The molecule has 21 heavy (non-hydrogen) atoms. The third kappa shape index (κ3) is 3.68. The Morgan fingerprint density at radius 2 is 2.14 bits per heavy atom. The van der Waals surface area contributed by atoms with Gasteiger partial charge in [-0.3, -0.25) is 9.78 Å². The van der Waals surface area contributed by atoms with Gasteiger partial charge in [-0.2, -0.15) is 0 Å². The fourth-order valence-corrected chi connectivity index (χ4v) is 2.62. The second-order valence-corrected chi connectivity index (χ2v) is 5.54. The van der Waals surface area contributed by atoms with Gasteiger partial charge < -0.3 is 10.0 Å². The van der Waals surface area contributed by atoms with Crippen LogP contribution in [0.2, 0.25) is 0 Å². The van der Waals surface area contributed by atoms with E-state index in [0.717, 1.165) is 25.5 Å². The maximum atomic E-state index is 12.6. The van der Waals surface area contributed by atoms with Crippen molar-refractivity contribution in [2.75, 3.05) is 6.54 Å². The van der Waals surface area contributed by atoms with Crippen LogP contribution < -0.4 is 0 Å². The molecule has 5 nitrogen and oxygen atoms in total. The number of carboxylic acids is 1. The molecule has 2 rings (SSSR count). The summed E-state index contributed by atoms with van der Waals surface area (Å²) in [5, 5.41) is 8.64. The summed E-state index contributed by atoms with van der Waals surface area (Å²) in [5.74, 6) is -0.567. The molecular weight excluding hydrogens is 268 g/mol. The number of hydrogen-bond donors (Lipinski definition) is 1. The summed E-state index contributed by atoms with van der Waals surface area (Å²) in [6, 6.07) is 1.89. The molecule has 0 saturated carbocycles. The second-order valence-electron chi connectivity index (χ2n) is 5.54. The van der Waals surface area contributed by atoms with Crippen molar-refractivity contribution in [1.82, 2.24) is 9.88 Å². The Hall–Kier alpha value is -2.17. The Morgan fingerprint density at radius 3 is 2.86 bits per heavy atom. The number of aromatic nitrogens is 1. The molecule has 1 aliphatic heterocycles. The van der Waals surface area contributed by atoms with Gasteiger partial charge in [0, 0.05) is 31.1 Å². The van der Waals surface area contributed by atoms with Gasteiger partial charge in [0.1, 0.15) is 0 Å². The van der Waals surface area contributed by atoms with E-state index in [1.807, 2.05) is 4.90 Å². The summed E-state index contributed by atoms with van der Waals surface area (Å²) < 4.78 is 0. The van der Waals surface area contributed by atoms with Crippen molar-refractivity contribution in [3.05, 3.63) is 35.7 Å². The van der Waals surface area contributed by atoms with Crippen LogP contribution in [0.25, 0.3) is 6.08 Å². The highest BCUT2D eigenvalue weighted by molar-refractivity contribution is 5.95. The number of piperidine rings is 1. The molecule has 0 spiro atoms. The molecule has 0 bridgehead atoms. The van der Waals surface area contributed by atoms with Gasteiger partial charge in [0.25, 0.3) is 5.91 Å². The van der Waals surface area contributed by atoms with Crippen molar-refractivity contribution in [3.63, 3.8) is 0 Å². The van der Waals surface area contributed by atoms with Crippen LogP contribution in [-0.2, 0) is 4.79 Å². The molecular formula is C16H20N2O3. The predicted molar refractivity (Wildman–Crippen MR) is 79.8 cm³/mol. The zero-order valence-corrected chi connectivity index (χ0v) is 12.3. The third-order valence-electron chi connectivity index (χ3n) is 4.06. The Bertz CT molecular complexity index is 568. The lowest BCUT2D eigenvalue weighted by Gasteiger charge is -2.38. The molecule has 1 aliphatic rings. The zero-order valence-electron chi connectivity index (χ0n) is 12.3. The van der Waals surface area contributed by atoms with E-state index < -0.39 is 5.97 Å². The number of carboxylic acid groups (broad SMARTS) is 1. The molecule has 0 aliphatic carbocycles. The number of likely N-dealkylation sites (tertiary alicyclic amines) is 1. The Balaban J connectivity index is 2.19. The number of carbonyl (C=O) groups excluding carboxylic acids is 1. The lowest BCUT2D eigenvalue weighted by atomic mass is 9.91. The van der Waals surface area contributed by atoms with Crippen LogP contribution in [0, 0.1) is 5.92 Å². The van der Waals surface area contributed by atoms with E-state index in [4.69, 9.17) is 5.11 Å². The fourth-order valence-electron chi connectivity index (χ4n) is 2.62. The topological polar surface area (TPSA) is 70.5 Å². The lowest BCUT2D eigenvalue weighted by molar-refractivity contribution is -0.131. The molecule has 1 aromatic rings. The van der Waals surface area contributed by atoms with Gasteiger partial charge in [0.05, 0.1) is 5.56 Å². The Morgan fingerprint density at radius 1 is 1.38 bits per heavy atom. The first-order valence-corrected chi connectivity index (χ1v) is 7.16. The van der Waals surface area contributed by atoms with Gasteiger partial charge in [-0.15, -0.1) is 0 Å². The summed E-state index contributed by atoms with van der Waals surface area (Å²) in [5.41, 5.74) is 1.12. The smallest absolute Gasteiger partial charge is 0.328 e. The number of carbonyl (C=O) groups is 2. The van der Waals surface area contributed by atoms with E-state index in [1.165, 1.54) is 12.3 Å². The monoisotopic (exact) mass is 288 g/mol. The van der Waals surface area contributed by atoms with Crippen LogP contribution in [0.1, 0.15) is 42.6 Å². The van der Waals surface area contributed by atoms with Gasteiger partial charge in [-0.1, -0.05) is 6.92 Å². The molecule has 0 aromatic carbocycles. The minimum atomic E-state index is -1.02. The van der Waals surface area contributed by atoms with Gasteiger partial charge in [-0.05, 0) is 43.4 Å². The molecule has 2 unspecified atom stereocenters. The van der Waals surface area contributed by atoms with E-state index in [-0.39, 0.29) is 11.9 Å². The van der Waals surface area contributed by atoms with Gasteiger partial charge in [-0.25, -0.2) is 4.79 Å². The highest BCUT2D eigenvalue weighted by Gasteiger charge is 2.29. The highest BCUT2D eigenvalue weighted by atomic mass is 16.4. The summed E-state index contributed by atoms with van der Waals surface area (Å²) >= 11 is 0. The van der Waals surface area contributed by atoms with Crippen molar-refractivity contribution < 1.29 is 14.7 Å². The Labute approximate surface area is 124 Å². The second kappa shape index (κ2) is 6.52.